The van der Waals surface area contributed by atoms with Crippen molar-refractivity contribution in [3.63, 3.8) is 0 Å². The van der Waals surface area contributed by atoms with E-state index in [1.807, 2.05) is 0 Å². The van der Waals surface area contributed by atoms with E-state index in [9.17, 15) is 29.4 Å². The molecule has 9 heteroatoms. The quantitative estimate of drug-likeness (QED) is 0.502. The number of hydrogen-bond donors (Lipinski definition) is 4. The standard InChI is InChI=1S/C16H9IO8/c17-12-7(3-4-9(14(20)21)11(12)16(24)25)6-1-2-8(13(18)19)10(5-6)15(22)23/h1-5H,(H,18,19)(H,20,21)(H,22,23)(H,24,25). The van der Waals surface area contributed by atoms with Gasteiger partial charge in [-0.3, -0.25) is 0 Å². The first-order valence-electron chi connectivity index (χ1n) is 6.55. The molecule has 0 bridgehead atoms. The molecule has 128 valence electrons. The molecule has 0 aromatic heterocycles. The fourth-order valence-corrected chi connectivity index (χ4v) is 3.27. The van der Waals surface area contributed by atoms with E-state index in [-0.39, 0.29) is 14.7 Å². The molecule has 0 heterocycles. The highest BCUT2D eigenvalue weighted by Crippen LogP contribution is 2.31. The lowest BCUT2D eigenvalue weighted by atomic mass is 9.96. The summed E-state index contributed by atoms with van der Waals surface area (Å²) in [5.41, 5.74) is -1.16. The maximum atomic E-state index is 11.4. The maximum absolute atomic E-state index is 11.4. The Balaban J connectivity index is 2.75. The van der Waals surface area contributed by atoms with Gasteiger partial charge in [0, 0.05) is 3.57 Å². The molecule has 0 atom stereocenters. The summed E-state index contributed by atoms with van der Waals surface area (Å²) in [7, 11) is 0. The number of carboxylic acid groups (broad SMARTS) is 4. The highest BCUT2D eigenvalue weighted by molar-refractivity contribution is 14.1. The monoisotopic (exact) mass is 456 g/mol. The summed E-state index contributed by atoms with van der Waals surface area (Å²) in [5, 5.41) is 36.6. The topological polar surface area (TPSA) is 149 Å². The minimum absolute atomic E-state index is 0.101. The van der Waals surface area contributed by atoms with E-state index >= 15 is 0 Å². The average Bonchev–Trinajstić information content (AvgIpc) is 2.53. The summed E-state index contributed by atoms with van der Waals surface area (Å²) in [6.07, 6.45) is 0. The van der Waals surface area contributed by atoms with E-state index in [4.69, 9.17) is 10.2 Å². The summed E-state index contributed by atoms with van der Waals surface area (Å²) < 4.78 is 0.101. The zero-order valence-corrected chi connectivity index (χ0v) is 14.3. The smallest absolute Gasteiger partial charge is 0.337 e. The van der Waals surface area contributed by atoms with E-state index in [1.54, 1.807) is 22.6 Å². The average molecular weight is 456 g/mol. The lowest BCUT2D eigenvalue weighted by molar-refractivity contribution is 0.0650. The van der Waals surface area contributed by atoms with Crippen LogP contribution in [0.3, 0.4) is 0 Å². The first kappa shape index (κ1) is 18.4. The van der Waals surface area contributed by atoms with Crippen LogP contribution in [0, 0.1) is 3.57 Å². The van der Waals surface area contributed by atoms with Gasteiger partial charge in [-0.15, -0.1) is 0 Å². The van der Waals surface area contributed by atoms with Gasteiger partial charge in [0.15, 0.2) is 0 Å². The SMILES string of the molecule is O=C(O)c1ccc(-c2ccc(C(=O)O)c(C(=O)O)c2I)cc1C(=O)O. The van der Waals surface area contributed by atoms with Crippen LogP contribution in [0.25, 0.3) is 11.1 Å². The third kappa shape index (κ3) is 3.45. The minimum atomic E-state index is -1.45. The summed E-state index contributed by atoms with van der Waals surface area (Å²) in [4.78, 5) is 45.0. The van der Waals surface area contributed by atoms with E-state index in [0.717, 1.165) is 18.2 Å². The van der Waals surface area contributed by atoms with Crippen molar-refractivity contribution in [2.75, 3.05) is 0 Å². The third-order valence-electron chi connectivity index (χ3n) is 3.38. The van der Waals surface area contributed by atoms with Crippen LogP contribution in [0.5, 0.6) is 0 Å². The van der Waals surface area contributed by atoms with E-state index in [2.05, 4.69) is 0 Å². The molecule has 0 amide bonds. The molecule has 4 N–H and O–H groups in total. The molecule has 2 rings (SSSR count). The Labute approximate surface area is 153 Å². The molecule has 0 aliphatic carbocycles. The fraction of sp³-hybridized carbons (Fsp3) is 0. The van der Waals surface area contributed by atoms with Gasteiger partial charge in [0.1, 0.15) is 0 Å². The molecule has 0 aliphatic heterocycles. The predicted molar refractivity (Wildman–Crippen MR) is 92.4 cm³/mol. The van der Waals surface area contributed by atoms with Crippen molar-refractivity contribution in [3.05, 3.63) is 56.2 Å². The van der Waals surface area contributed by atoms with Crippen molar-refractivity contribution in [2.45, 2.75) is 0 Å². The number of aromatic carboxylic acids is 4. The summed E-state index contributed by atoms with van der Waals surface area (Å²) in [6, 6.07) is 5.99. The second kappa shape index (κ2) is 6.89. The fourth-order valence-electron chi connectivity index (χ4n) is 2.26. The van der Waals surface area contributed by atoms with Crippen molar-refractivity contribution >= 4 is 46.5 Å². The number of benzene rings is 2. The van der Waals surface area contributed by atoms with Gasteiger partial charge in [-0.05, 0) is 51.9 Å². The van der Waals surface area contributed by atoms with Crippen LogP contribution in [-0.2, 0) is 0 Å². The van der Waals surface area contributed by atoms with Gasteiger partial charge in [0.05, 0.1) is 22.3 Å². The first-order chi connectivity index (χ1) is 11.6. The molecule has 25 heavy (non-hydrogen) atoms. The highest BCUT2D eigenvalue weighted by Gasteiger charge is 2.23. The molecular weight excluding hydrogens is 447 g/mol. The molecule has 0 spiro atoms. The molecule has 2 aromatic rings. The summed E-state index contributed by atoms with van der Waals surface area (Å²) in [5.74, 6) is -5.71. The van der Waals surface area contributed by atoms with Gasteiger partial charge in [0.2, 0.25) is 0 Å². The van der Waals surface area contributed by atoms with Crippen LogP contribution >= 0.6 is 22.6 Å². The van der Waals surface area contributed by atoms with Crippen LogP contribution in [0.15, 0.2) is 30.3 Å². The van der Waals surface area contributed by atoms with Crippen LogP contribution < -0.4 is 0 Å². The second-order valence-corrected chi connectivity index (χ2v) is 5.91. The Kier molecular flexibility index (Phi) is 5.07. The molecule has 0 fully saturated rings. The highest BCUT2D eigenvalue weighted by atomic mass is 127. The molecule has 0 unspecified atom stereocenters. The zero-order valence-electron chi connectivity index (χ0n) is 12.2. The Morgan fingerprint density at radius 2 is 1.20 bits per heavy atom. The van der Waals surface area contributed by atoms with E-state index in [0.29, 0.717) is 0 Å². The van der Waals surface area contributed by atoms with Crippen LogP contribution in [0.4, 0.5) is 0 Å². The second-order valence-electron chi connectivity index (χ2n) is 4.83. The van der Waals surface area contributed by atoms with Crippen LogP contribution in [0.2, 0.25) is 0 Å². The zero-order chi connectivity index (χ0) is 18.9. The van der Waals surface area contributed by atoms with Gasteiger partial charge in [-0.25, -0.2) is 19.2 Å². The van der Waals surface area contributed by atoms with Crippen molar-refractivity contribution in [3.8, 4) is 11.1 Å². The normalized spacial score (nSPS) is 10.3. The van der Waals surface area contributed by atoms with Crippen LogP contribution in [0.1, 0.15) is 41.4 Å². The molecule has 0 saturated carbocycles. The number of halogens is 1. The van der Waals surface area contributed by atoms with Crippen molar-refractivity contribution in [1.82, 2.24) is 0 Å². The van der Waals surface area contributed by atoms with Crippen molar-refractivity contribution in [2.24, 2.45) is 0 Å². The number of carbonyl (C=O) groups is 4. The summed E-state index contributed by atoms with van der Waals surface area (Å²) >= 11 is 1.66. The lowest BCUT2D eigenvalue weighted by Gasteiger charge is -2.12. The van der Waals surface area contributed by atoms with E-state index in [1.165, 1.54) is 12.1 Å². The Hall–Kier alpha value is -2.95. The predicted octanol–water partition coefficient (Wildman–Crippen LogP) is 2.75. The Morgan fingerprint density at radius 3 is 1.68 bits per heavy atom. The summed E-state index contributed by atoms with van der Waals surface area (Å²) in [6.45, 7) is 0. The Bertz CT molecular complexity index is 932. The van der Waals surface area contributed by atoms with Gasteiger partial charge in [-0.2, -0.15) is 0 Å². The molecule has 0 saturated heterocycles. The van der Waals surface area contributed by atoms with Gasteiger partial charge in [0.25, 0.3) is 0 Å². The lowest BCUT2D eigenvalue weighted by Crippen LogP contribution is -2.11. The first-order valence-corrected chi connectivity index (χ1v) is 7.63. The maximum Gasteiger partial charge on any atom is 0.337 e. The van der Waals surface area contributed by atoms with E-state index < -0.39 is 46.1 Å². The number of hydrogen-bond acceptors (Lipinski definition) is 4. The molecular formula is C16H9IO8. The largest absolute Gasteiger partial charge is 0.478 e. The molecule has 2 aromatic carbocycles. The molecule has 0 aliphatic rings. The molecule has 8 nitrogen and oxygen atoms in total. The van der Waals surface area contributed by atoms with Crippen molar-refractivity contribution < 1.29 is 39.6 Å². The minimum Gasteiger partial charge on any atom is -0.478 e. The van der Waals surface area contributed by atoms with Gasteiger partial charge < -0.3 is 20.4 Å². The third-order valence-corrected chi connectivity index (χ3v) is 4.50. The Morgan fingerprint density at radius 1 is 0.680 bits per heavy atom. The van der Waals surface area contributed by atoms with Crippen molar-refractivity contribution in [1.29, 1.82) is 0 Å². The number of rotatable bonds is 5. The number of carboxylic acids is 4. The molecule has 0 radical (unpaired) electrons. The van der Waals surface area contributed by atoms with Crippen LogP contribution in [-0.4, -0.2) is 44.3 Å². The van der Waals surface area contributed by atoms with Gasteiger partial charge in [-0.1, -0.05) is 12.1 Å². The van der Waals surface area contributed by atoms with Gasteiger partial charge >= 0.3 is 23.9 Å².